The lowest BCUT2D eigenvalue weighted by atomic mass is 9.97. The van der Waals surface area contributed by atoms with Crippen molar-refractivity contribution in [2.45, 2.75) is 12.5 Å². The van der Waals surface area contributed by atoms with E-state index >= 15 is 0 Å². The molecule has 2 aromatic rings. The number of esters is 1. The van der Waals surface area contributed by atoms with Gasteiger partial charge in [-0.15, -0.1) is 0 Å². The number of hydrogen-bond donors (Lipinski definition) is 1. The van der Waals surface area contributed by atoms with E-state index in [9.17, 15) is 4.79 Å². The lowest BCUT2D eigenvalue weighted by molar-refractivity contribution is -0.135. The number of benzene rings is 2. The summed E-state index contributed by atoms with van der Waals surface area (Å²) in [6.45, 7) is 0. The maximum absolute atomic E-state index is 11.4. The van der Waals surface area contributed by atoms with Gasteiger partial charge >= 0.3 is 5.97 Å². The van der Waals surface area contributed by atoms with Gasteiger partial charge in [0, 0.05) is 11.6 Å². The number of rotatable bonds is 5. The molecule has 0 aromatic heterocycles. The summed E-state index contributed by atoms with van der Waals surface area (Å²) in [6, 6.07) is 12.5. The van der Waals surface area contributed by atoms with Crippen molar-refractivity contribution in [2.75, 3.05) is 7.05 Å². The van der Waals surface area contributed by atoms with Crippen LogP contribution in [-0.4, -0.2) is 13.0 Å². The summed E-state index contributed by atoms with van der Waals surface area (Å²) < 4.78 is 10.9. The summed E-state index contributed by atoms with van der Waals surface area (Å²) in [5, 5.41) is 4.09. The van der Waals surface area contributed by atoms with Crippen LogP contribution in [0.25, 0.3) is 0 Å². The van der Waals surface area contributed by atoms with E-state index in [4.69, 9.17) is 32.7 Å². The first-order valence-corrected chi connectivity index (χ1v) is 8.11. The highest BCUT2D eigenvalue weighted by molar-refractivity contribution is 6.42. The summed E-state index contributed by atoms with van der Waals surface area (Å²) in [5.41, 5.74) is 1.75. The molecule has 0 spiro atoms. The average Bonchev–Trinajstić information content (AvgIpc) is 2.99. The van der Waals surface area contributed by atoms with E-state index in [2.05, 4.69) is 5.32 Å². The molecule has 0 fully saturated rings. The monoisotopic (exact) mass is 363 g/mol. The normalized spacial score (nSPS) is 15.0. The number of para-hydroxylation sites is 1. The van der Waals surface area contributed by atoms with Crippen molar-refractivity contribution in [3.8, 4) is 11.5 Å². The van der Waals surface area contributed by atoms with Gasteiger partial charge in [0.1, 0.15) is 11.5 Å². The molecule has 1 aliphatic rings. The van der Waals surface area contributed by atoms with Gasteiger partial charge in [-0.3, -0.25) is 4.79 Å². The second-order valence-corrected chi connectivity index (χ2v) is 6.11. The number of ether oxygens (including phenoxy) is 2. The zero-order valence-electron chi connectivity index (χ0n) is 12.9. The highest BCUT2D eigenvalue weighted by atomic mass is 35.5. The highest BCUT2D eigenvalue weighted by Gasteiger charge is 2.25. The maximum Gasteiger partial charge on any atom is 0.314 e. The van der Waals surface area contributed by atoms with Crippen LogP contribution in [0.4, 0.5) is 0 Å². The van der Waals surface area contributed by atoms with Crippen LogP contribution >= 0.6 is 23.2 Å². The molecule has 1 unspecified atom stereocenters. The van der Waals surface area contributed by atoms with Gasteiger partial charge in [-0.2, -0.15) is 0 Å². The Bertz CT molecular complexity index is 805. The van der Waals surface area contributed by atoms with Crippen molar-refractivity contribution in [3.63, 3.8) is 0 Å². The number of halogens is 2. The van der Waals surface area contributed by atoms with Crippen LogP contribution in [0.3, 0.4) is 0 Å². The molecule has 0 radical (unpaired) electrons. The van der Waals surface area contributed by atoms with Crippen molar-refractivity contribution in [1.29, 1.82) is 0 Å². The third kappa shape index (κ3) is 3.56. The fourth-order valence-electron chi connectivity index (χ4n) is 2.58. The van der Waals surface area contributed by atoms with Gasteiger partial charge in [0.05, 0.1) is 28.8 Å². The van der Waals surface area contributed by atoms with Crippen LogP contribution in [0.15, 0.2) is 54.3 Å². The third-order valence-electron chi connectivity index (χ3n) is 3.70. The molecular formula is C18H15Cl2NO3. The molecule has 0 bridgehead atoms. The van der Waals surface area contributed by atoms with E-state index in [1.54, 1.807) is 18.2 Å². The Balaban J connectivity index is 1.92. The van der Waals surface area contributed by atoms with Crippen LogP contribution < -0.4 is 10.1 Å². The molecule has 0 saturated carbocycles. The molecule has 4 nitrogen and oxygen atoms in total. The number of cyclic esters (lactones) is 1. The first-order chi connectivity index (χ1) is 11.6. The predicted octanol–water partition coefficient (Wildman–Crippen LogP) is 4.88. The molecule has 1 atom stereocenters. The molecule has 1 N–H and O–H groups in total. The minimum Gasteiger partial charge on any atom is -0.457 e. The van der Waals surface area contributed by atoms with Crippen molar-refractivity contribution in [2.24, 2.45) is 0 Å². The van der Waals surface area contributed by atoms with Gasteiger partial charge in [0.15, 0.2) is 0 Å². The van der Waals surface area contributed by atoms with Crippen LogP contribution in [0.2, 0.25) is 10.0 Å². The van der Waals surface area contributed by atoms with Crippen molar-refractivity contribution < 1.29 is 14.3 Å². The maximum atomic E-state index is 11.4. The van der Waals surface area contributed by atoms with Crippen LogP contribution in [0.1, 0.15) is 18.0 Å². The van der Waals surface area contributed by atoms with Crippen molar-refractivity contribution >= 4 is 29.2 Å². The van der Waals surface area contributed by atoms with E-state index < -0.39 is 0 Å². The second-order valence-electron chi connectivity index (χ2n) is 5.30. The quantitative estimate of drug-likeness (QED) is 0.769. The number of carbonyl (C=O) groups excluding carboxylic acids is 1. The Labute approximate surface area is 150 Å². The molecule has 2 aromatic carbocycles. The van der Waals surface area contributed by atoms with Crippen LogP contribution in [0, 0.1) is 0 Å². The van der Waals surface area contributed by atoms with Crippen molar-refractivity contribution in [1.82, 2.24) is 5.32 Å². The van der Waals surface area contributed by atoms with Gasteiger partial charge in [-0.05, 0) is 30.8 Å². The first-order valence-electron chi connectivity index (χ1n) is 7.36. The molecular weight excluding hydrogens is 349 g/mol. The summed E-state index contributed by atoms with van der Waals surface area (Å²) in [6.07, 6.45) is 1.76. The van der Waals surface area contributed by atoms with Gasteiger partial charge in [0.25, 0.3) is 0 Å². The first kappa shape index (κ1) is 16.8. The number of likely N-dealkylation sites (N-methyl/N-ethyl adjacent to an activating group) is 1. The summed E-state index contributed by atoms with van der Waals surface area (Å²) >= 11 is 12.0. The van der Waals surface area contributed by atoms with E-state index in [0.29, 0.717) is 21.5 Å². The third-order valence-corrected chi connectivity index (χ3v) is 4.44. The number of hydrogen-bond acceptors (Lipinski definition) is 4. The zero-order chi connectivity index (χ0) is 17.1. The predicted molar refractivity (Wildman–Crippen MR) is 93.6 cm³/mol. The van der Waals surface area contributed by atoms with Crippen molar-refractivity contribution in [3.05, 3.63) is 69.9 Å². The van der Waals surface area contributed by atoms with E-state index in [-0.39, 0.29) is 18.4 Å². The molecule has 0 aliphatic carbocycles. The molecule has 24 heavy (non-hydrogen) atoms. The van der Waals surface area contributed by atoms with E-state index in [0.717, 1.165) is 11.1 Å². The van der Waals surface area contributed by atoms with Gasteiger partial charge in [-0.25, -0.2) is 0 Å². The lowest BCUT2D eigenvalue weighted by Crippen LogP contribution is -2.19. The van der Waals surface area contributed by atoms with Crippen LogP contribution in [-0.2, 0) is 9.53 Å². The molecule has 6 heteroatoms. The Kier molecular flexibility index (Phi) is 5.09. The zero-order valence-corrected chi connectivity index (χ0v) is 14.4. The van der Waals surface area contributed by atoms with Gasteiger partial charge in [0.2, 0.25) is 0 Å². The Morgan fingerprint density at radius 3 is 2.62 bits per heavy atom. The average molecular weight is 364 g/mol. The molecule has 0 amide bonds. The number of nitrogens with one attached hydrogen (secondary N) is 1. The Hall–Kier alpha value is -2.01. The molecule has 3 rings (SSSR count). The number of carbonyl (C=O) groups is 1. The Morgan fingerprint density at radius 2 is 1.96 bits per heavy atom. The highest BCUT2D eigenvalue weighted by Crippen LogP contribution is 2.36. The summed E-state index contributed by atoms with van der Waals surface area (Å²) in [4.78, 5) is 11.4. The standard InChI is InChI=1S/C18H15Cl2NO3/c1-21-18(11-8-17(22)23-10-11)13-4-2-3-5-16(13)24-12-6-7-14(19)15(20)9-12/h2-7,9-10,18,21H,8H2,1H3. The molecule has 124 valence electrons. The summed E-state index contributed by atoms with van der Waals surface area (Å²) in [7, 11) is 1.82. The fourth-order valence-corrected chi connectivity index (χ4v) is 2.87. The largest absolute Gasteiger partial charge is 0.457 e. The minimum atomic E-state index is -0.256. The molecule has 1 aliphatic heterocycles. The Morgan fingerprint density at radius 1 is 1.17 bits per heavy atom. The molecule has 0 saturated heterocycles. The summed E-state index contributed by atoms with van der Waals surface area (Å²) in [5.74, 6) is 0.989. The van der Waals surface area contributed by atoms with E-state index in [1.165, 1.54) is 6.26 Å². The smallest absolute Gasteiger partial charge is 0.314 e. The topological polar surface area (TPSA) is 47.6 Å². The SMILES string of the molecule is CNC(C1=COC(=O)C1)c1ccccc1Oc1ccc(Cl)c(Cl)c1. The molecule has 1 heterocycles. The minimum absolute atomic E-state index is 0.185. The fraction of sp³-hybridized carbons (Fsp3) is 0.167. The van der Waals surface area contributed by atoms with Crippen LogP contribution in [0.5, 0.6) is 11.5 Å². The second kappa shape index (κ2) is 7.26. The van der Waals surface area contributed by atoms with Gasteiger partial charge < -0.3 is 14.8 Å². The van der Waals surface area contributed by atoms with Gasteiger partial charge in [-0.1, -0.05) is 41.4 Å². The lowest BCUT2D eigenvalue weighted by Gasteiger charge is -2.20. The van der Waals surface area contributed by atoms with E-state index in [1.807, 2.05) is 31.3 Å².